The number of hydrogen-bond acceptors (Lipinski definition) is 4. The number of nitrogens with one attached hydrogen (secondary N) is 2. The minimum absolute atomic E-state index is 0.000668. The van der Waals surface area contributed by atoms with Crippen LogP contribution in [0.1, 0.15) is 43.4 Å². The number of rotatable bonds is 4. The SMILES string of the molecule is O=C(Nc1cc(-c2cnn3cccnc23)cc2c1C(c1cc(F)ccc1Cl)NC2=O)c1cc(F)cc(C(F)(F)F)c1. The predicted octanol–water partition coefficient (Wildman–Crippen LogP) is 6.43. The van der Waals surface area contributed by atoms with Gasteiger partial charge in [0.2, 0.25) is 0 Å². The molecule has 1 atom stereocenters. The molecular weight excluding hydrogens is 569 g/mol. The lowest BCUT2D eigenvalue weighted by Crippen LogP contribution is -2.21. The monoisotopic (exact) mass is 583 g/mol. The summed E-state index contributed by atoms with van der Waals surface area (Å²) >= 11 is 6.33. The minimum Gasteiger partial charge on any atom is -0.341 e. The molecule has 1 unspecified atom stereocenters. The van der Waals surface area contributed by atoms with E-state index in [4.69, 9.17) is 11.6 Å². The first-order chi connectivity index (χ1) is 19.5. The van der Waals surface area contributed by atoms with E-state index in [2.05, 4.69) is 20.7 Å². The quantitative estimate of drug-likeness (QED) is 0.239. The van der Waals surface area contributed by atoms with Gasteiger partial charge < -0.3 is 10.6 Å². The molecule has 3 aromatic carbocycles. The molecule has 0 bridgehead atoms. The minimum atomic E-state index is -4.90. The van der Waals surface area contributed by atoms with E-state index in [1.807, 2.05) is 0 Å². The maximum atomic E-state index is 14.2. The van der Waals surface area contributed by atoms with Crippen molar-refractivity contribution in [1.29, 1.82) is 0 Å². The highest BCUT2D eigenvalue weighted by atomic mass is 35.5. The van der Waals surface area contributed by atoms with E-state index in [0.717, 1.165) is 12.1 Å². The Hall–Kier alpha value is -4.84. The Morgan fingerprint density at radius 2 is 1.83 bits per heavy atom. The van der Waals surface area contributed by atoms with Gasteiger partial charge in [-0.1, -0.05) is 11.6 Å². The molecule has 1 aliphatic rings. The van der Waals surface area contributed by atoms with Gasteiger partial charge in [-0.05, 0) is 60.2 Å². The van der Waals surface area contributed by atoms with Crippen molar-refractivity contribution in [3.63, 3.8) is 0 Å². The average Bonchev–Trinajstić information content (AvgIpc) is 3.50. The van der Waals surface area contributed by atoms with Crippen LogP contribution in [0.3, 0.4) is 0 Å². The molecule has 2 amide bonds. The molecule has 3 heterocycles. The Balaban J connectivity index is 1.53. The van der Waals surface area contributed by atoms with Crippen molar-refractivity contribution in [2.75, 3.05) is 5.32 Å². The third-order valence-electron chi connectivity index (χ3n) is 6.58. The zero-order chi connectivity index (χ0) is 29.1. The van der Waals surface area contributed by atoms with E-state index in [9.17, 15) is 31.5 Å². The molecule has 0 aliphatic carbocycles. The highest BCUT2D eigenvalue weighted by molar-refractivity contribution is 6.31. The molecule has 1 aliphatic heterocycles. The normalized spacial score (nSPS) is 14.7. The number of alkyl halides is 3. The first-order valence-corrected chi connectivity index (χ1v) is 12.3. The van der Waals surface area contributed by atoms with E-state index < -0.39 is 46.8 Å². The Bertz CT molecular complexity index is 1890. The zero-order valence-corrected chi connectivity index (χ0v) is 21.2. The van der Waals surface area contributed by atoms with Crippen molar-refractivity contribution in [1.82, 2.24) is 19.9 Å². The molecule has 0 saturated carbocycles. The number of nitrogens with zero attached hydrogens (tertiary/aromatic N) is 3. The maximum absolute atomic E-state index is 14.2. The van der Waals surface area contributed by atoms with Gasteiger partial charge in [-0.25, -0.2) is 18.3 Å². The fourth-order valence-corrected chi connectivity index (χ4v) is 5.00. The first kappa shape index (κ1) is 26.4. The van der Waals surface area contributed by atoms with Crippen LogP contribution < -0.4 is 10.6 Å². The van der Waals surface area contributed by atoms with Gasteiger partial charge >= 0.3 is 6.18 Å². The molecule has 2 N–H and O–H groups in total. The number of amides is 2. The van der Waals surface area contributed by atoms with Crippen molar-refractivity contribution < 1.29 is 31.5 Å². The summed E-state index contributed by atoms with van der Waals surface area (Å²) in [5.74, 6) is -3.54. The molecule has 206 valence electrons. The van der Waals surface area contributed by atoms with Crippen LogP contribution in [0.15, 0.2) is 73.2 Å². The Kier molecular flexibility index (Phi) is 6.22. The molecule has 0 radical (unpaired) electrons. The number of anilines is 1. The summed E-state index contributed by atoms with van der Waals surface area (Å²) in [4.78, 5) is 30.7. The van der Waals surface area contributed by atoms with Crippen LogP contribution in [-0.4, -0.2) is 26.4 Å². The molecule has 0 saturated heterocycles. The second-order valence-corrected chi connectivity index (χ2v) is 9.59. The van der Waals surface area contributed by atoms with Gasteiger partial charge in [0.15, 0.2) is 5.65 Å². The summed E-state index contributed by atoms with van der Waals surface area (Å²) < 4.78 is 69.7. The van der Waals surface area contributed by atoms with Gasteiger partial charge in [-0.2, -0.15) is 18.3 Å². The molecule has 7 nitrogen and oxygen atoms in total. The molecule has 6 rings (SSSR count). The highest BCUT2D eigenvalue weighted by Crippen LogP contribution is 2.42. The van der Waals surface area contributed by atoms with Gasteiger partial charge in [0.05, 0.1) is 17.8 Å². The van der Waals surface area contributed by atoms with Gasteiger partial charge in [-0.15, -0.1) is 0 Å². The van der Waals surface area contributed by atoms with Crippen molar-refractivity contribution in [2.45, 2.75) is 12.2 Å². The maximum Gasteiger partial charge on any atom is 0.416 e. The average molecular weight is 584 g/mol. The van der Waals surface area contributed by atoms with Crippen LogP contribution in [0.25, 0.3) is 16.8 Å². The van der Waals surface area contributed by atoms with Crippen molar-refractivity contribution in [3.05, 3.63) is 118 Å². The summed E-state index contributed by atoms with van der Waals surface area (Å²) in [6, 6.07) is 8.66. The van der Waals surface area contributed by atoms with Crippen LogP contribution in [0.2, 0.25) is 5.02 Å². The van der Waals surface area contributed by atoms with Crippen molar-refractivity contribution in [3.8, 4) is 11.1 Å². The molecule has 5 aromatic rings. The molecular formula is C28H15ClF5N5O2. The van der Waals surface area contributed by atoms with Crippen LogP contribution in [0.5, 0.6) is 0 Å². The lowest BCUT2D eigenvalue weighted by molar-refractivity contribution is -0.137. The number of aromatic nitrogens is 3. The number of fused-ring (bicyclic) bond motifs is 2. The molecule has 2 aromatic heterocycles. The molecule has 41 heavy (non-hydrogen) atoms. The van der Waals surface area contributed by atoms with E-state index >= 15 is 0 Å². The lowest BCUT2D eigenvalue weighted by atomic mass is 9.93. The van der Waals surface area contributed by atoms with Gasteiger partial charge in [-0.3, -0.25) is 9.59 Å². The second kappa shape index (κ2) is 9.66. The van der Waals surface area contributed by atoms with E-state index in [1.165, 1.54) is 35.1 Å². The van der Waals surface area contributed by atoms with E-state index in [-0.39, 0.29) is 33.5 Å². The summed E-state index contributed by atoms with van der Waals surface area (Å²) in [5, 5.41) is 9.59. The van der Waals surface area contributed by atoms with Gasteiger partial charge in [0.25, 0.3) is 11.8 Å². The molecule has 0 spiro atoms. The first-order valence-electron chi connectivity index (χ1n) is 11.9. The summed E-state index contributed by atoms with van der Waals surface area (Å²) in [6.07, 6.45) is -0.220. The second-order valence-electron chi connectivity index (χ2n) is 9.18. The number of hydrogen-bond donors (Lipinski definition) is 2. The Labute approximate surface area is 232 Å². The Morgan fingerprint density at radius 1 is 1.02 bits per heavy atom. The summed E-state index contributed by atoms with van der Waals surface area (Å²) in [5.41, 5.74) is -0.188. The highest BCUT2D eigenvalue weighted by Gasteiger charge is 2.36. The lowest BCUT2D eigenvalue weighted by Gasteiger charge is -2.19. The van der Waals surface area contributed by atoms with Crippen LogP contribution in [0, 0.1) is 11.6 Å². The van der Waals surface area contributed by atoms with Crippen LogP contribution in [-0.2, 0) is 6.18 Å². The fraction of sp³-hybridized carbons (Fsp3) is 0.0714. The third kappa shape index (κ3) is 4.76. The van der Waals surface area contributed by atoms with Gasteiger partial charge in [0.1, 0.15) is 11.6 Å². The predicted molar refractivity (Wildman–Crippen MR) is 138 cm³/mol. The standard InChI is InChI=1S/C28H15ClF5N5O2/c29-21-3-2-16(30)11-18(21)24-23-19(27(41)38-24)8-13(20-12-36-39-5-1-4-35-25(20)39)9-22(23)37-26(40)14-6-15(28(32,33)34)10-17(31)7-14/h1-12,24H,(H,37,40)(H,38,41). The van der Waals surface area contributed by atoms with Crippen LogP contribution in [0.4, 0.5) is 27.6 Å². The third-order valence-corrected chi connectivity index (χ3v) is 6.93. The summed E-state index contributed by atoms with van der Waals surface area (Å²) in [6.45, 7) is 0. The van der Waals surface area contributed by atoms with Gasteiger partial charge in [0, 0.05) is 50.9 Å². The number of carbonyl (C=O) groups excluding carboxylic acids is 2. The van der Waals surface area contributed by atoms with Crippen molar-refractivity contribution >= 4 is 34.7 Å². The largest absolute Gasteiger partial charge is 0.416 e. The molecule has 0 fully saturated rings. The summed E-state index contributed by atoms with van der Waals surface area (Å²) in [7, 11) is 0. The van der Waals surface area contributed by atoms with E-state index in [0.29, 0.717) is 28.9 Å². The number of carbonyl (C=O) groups is 2. The topological polar surface area (TPSA) is 88.4 Å². The molecule has 13 heteroatoms. The van der Waals surface area contributed by atoms with Crippen molar-refractivity contribution in [2.24, 2.45) is 0 Å². The fourth-order valence-electron chi connectivity index (χ4n) is 4.77. The van der Waals surface area contributed by atoms with E-state index in [1.54, 1.807) is 12.3 Å². The Morgan fingerprint density at radius 3 is 2.61 bits per heavy atom. The van der Waals surface area contributed by atoms with Crippen LogP contribution >= 0.6 is 11.6 Å². The number of benzene rings is 3. The smallest absolute Gasteiger partial charge is 0.341 e. The number of halogens is 6. The zero-order valence-electron chi connectivity index (χ0n) is 20.4.